The molecule has 0 atom stereocenters. The van der Waals surface area contributed by atoms with Crippen molar-refractivity contribution in [2.45, 2.75) is 17.7 Å². The molecule has 0 aliphatic heterocycles. The molecule has 132 valence electrons. The second kappa shape index (κ2) is 9.44. The van der Waals surface area contributed by atoms with Crippen molar-refractivity contribution in [3.8, 4) is 0 Å². The van der Waals surface area contributed by atoms with Crippen LogP contribution >= 0.6 is 23.4 Å². The third-order valence-corrected chi connectivity index (χ3v) is 4.69. The SMILES string of the molecule is NC(=O)CCN(C(=O)CCSc1ccc(Cl)cc1)c1ccc(F)cc1. The maximum absolute atomic E-state index is 13.1. The summed E-state index contributed by atoms with van der Waals surface area (Å²) in [6.07, 6.45) is 0.330. The summed E-state index contributed by atoms with van der Waals surface area (Å²) in [7, 11) is 0. The fourth-order valence-electron chi connectivity index (χ4n) is 2.16. The van der Waals surface area contributed by atoms with E-state index >= 15 is 0 Å². The van der Waals surface area contributed by atoms with Gasteiger partial charge < -0.3 is 10.6 Å². The van der Waals surface area contributed by atoms with Crippen LogP contribution in [0.1, 0.15) is 12.8 Å². The van der Waals surface area contributed by atoms with Crippen molar-refractivity contribution in [1.82, 2.24) is 0 Å². The smallest absolute Gasteiger partial charge is 0.227 e. The largest absolute Gasteiger partial charge is 0.370 e. The van der Waals surface area contributed by atoms with Crippen LogP contribution in [0.5, 0.6) is 0 Å². The normalized spacial score (nSPS) is 10.5. The van der Waals surface area contributed by atoms with Gasteiger partial charge in [0.15, 0.2) is 0 Å². The van der Waals surface area contributed by atoms with E-state index in [9.17, 15) is 14.0 Å². The number of rotatable bonds is 8. The minimum absolute atomic E-state index is 0.0491. The van der Waals surface area contributed by atoms with E-state index in [0.29, 0.717) is 16.5 Å². The Morgan fingerprint density at radius 2 is 1.68 bits per heavy atom. The molecule has 0 spiro atoms. The topological polar surface area (TPSA) is 63.4 Å². The number of carbonyl (C=O) groups excluding carboxylic acids is 2. The van der Waals surface area contributed by atoms with E-state index in [2.05, 4.69) is 0 Å². The van der Waals surface area contributed by atoms with Crippen molar-refractivity contribution in [1.29, 1.82) is 0 Å². The summed E-state index contributed by atoms with van der Waals surface area (Å²) < 4.78 is 13.1. The van der Waals surface area contributed by atoms with Crippen LogP contribution in [0.4, 0.5) is 10.1 Å². The van der Waals surface area contributed by atoms with Crippen LogP contribution in [0.25, 0.3) is 0 Å². The van der Waals surface area contributed by atoms with Gasteiger partial charge in [0, 0.05) is 40.7 Å². The van der Waals surface area contributed by atoms with E-state index < -0.39 is 5.91 Å². The van der Waals surface area contributed by atoms with E-state index in [1.807, 2.05) is 12.1 Å². The number of nitrogens with zero attached hydrogens (tertiary/aromatic N) is 1. The maximum atomic E-state index is 13.1. The average molecular weight is 381 g/mol. The number of hydrogen-bond acceptors (Lipinski definition) is 3. The van der Waals surface area contributed by atoms with E-state index in [0.717, 1.165) is 4.90 Å². The summed E-state index contributed by atoms with van der Waals surface area (Å²) in [6.45, 7) is 0.172. The third kappa shape index (κ3) is 6.40. The predicted molar refractivity (Wildman–Crippen MR) is 99.4 cm³/mol. The molecule has 0 aliphatic carbocycles. The Kier molecular flexibility index (Phi) is 7.28. The van der Waals surface area contributed by atoms with Crippen LogP contribution < -0.4 is 10.6 Å². The molecule has 0 aliphatic rings. The van der Waals surface area contributed by atoms with Crippen molar-refractivity contribution in [2.24, 2.45) is 5.73 Å². The molecule has 2 rings (SSSR count). The highest BCUT2D eigenvalue weighted by Gasteiger charge is 2.16. The Balaban J connectivity index is 1.97. The lowest BCUT2D eigenvalue weighted by molar-refractivity contribution is -0.118. The first kappa shape index (κ1) is 19.3. The monoisotopic (exact) mass is 380 g/mol. The number of amides is 2. The number of benzene rings is 2. The quantitative estimate of drug-likeness (QED) is 0.707. The van der Waals surface area contributed by atoms with Crippen LogP contribution in [0.15, 0.2) is 53.4 Å². The van der Waals surface area contributed by atoms with Crippen molar-refractivity contribution >= 4 is 40.9 Å². The number of hydrogen-bond donors (Lipinski definition) is 1. The zero-order valence-corrected chi connectivity index (χ0v) is 15.0. The molecule has 2 N–H and O–H groups in total. The molecule has 25 heavy (non-hydrogen) atoms. The molecule has 2 aromatic carbocycles. The van der Waals surface area contributed by atoms with E-state index in [4.69, 9.17) is 17.3 Å². The number of thioether (sulfide) groups is 1. The van der Waals surface area contributed by atoms with Crippen molar-refractivity contribution < 1.29 is 14.0 Å². The molecular formula is C18H18ClFN2O2S. The van der Waals surface area contributed by atoms with Crippen molar-refractivity contribution in [3.05, 3.63) is 59.4 Å². The summed E-state index contributed by atoms with van der Waals surface area (Å²) >= 11 is 7.38. The van der Waals surface area contributed by atoms with Crippen molar-refractivity contribution in [3.63, 3.8) is 0 Å². The fourth-order valence-corrected chi connectivity index (χ4v) is 3.13. The first-order valence-electron chi connectivity index (χ1n) is 7.68. The molecule has 2 amide bonds. The number of primary amides is 1. The summed E-state index contributed by atoms with van der Waals surface area (Å²) in [5.74, 6) is -0.441. The summed E-state index contributed by atoms with van der Waals surface area (Å²) in [4.78, 5) is 26.1. The van der Waals surface area contributed by atoms with E-state index in [-0.39, 0.29) is 31.1 Å². The highest BCUT2D eigenvalue weighted by Crippen LogP contribution is 2.22. The number of carbonyl (C=O) groups is 2. The summed E-state index contributed by atoms with van der Waals surface area (Å²) in [5.41, 5.74) is 5.73. The first-order chi connectivity index (χ1) is 12.0. The highest BCUT2D eigenvalue weighted by atomic mass is 35.5. The standard InChI is InChI=1S/C18H18ClFN2O2S/c19-13-1-7-16(8-2-13)25-12-10-18(24)22(11-9-17(21)23)15-5-3-14(20)4-6-15/h1-8H,9-12H2,(H2,21,23). The van der Waals surface area contributed by atoms with E-state index in [1.165, 1.54) is 40.9 Å². The minimum Gasteiger partial charge on any atom is -0.370 e. The van der Waals surface area contributed by atoms with Gasteiger partial charge in [0.2, 0.25) is 11.8 Å². The minimum atomic E-state index is -0.490. The lowest BCUT2D eigenvalue weighted by Crippen LogP contribution is -2.34. The lowest BCUT2D eigenvalue weighted by atomic mass is 10.2. The van der Waals surface area contributed by atoms with E-state index in [1.54, 1.807) is 12.1 Å². The average Bonchev–Trinajstić information content (AvgIpc) is 2.58. The van der Waals surface area contributed by atoms with Crippen molar-refractivity contribution in [2.75, 3.05) is 17.2 Å². The molecule has 4 nitrogen and oxygen atoms in total. The van der Waals surface area contributed by atoms with Crippen LogP contribution in [0.3, 0.4) is 0 Å². The van der Waals surface area contributed by atoms with Crippen LogP contribution in [0, 0.1) is 5.82 Å². The maximum Gasteiger partial charge on any atom is 0.227 e. The number of anilines is 1. The molecule has 0 radical (unpaired) electrons. The molecule has 0 saturated carbocycles. The zero-order valence-electron chi connectivity index (χ0n) is 13.5. The molecule has 0 saturated heterocycles. The first-order valence-corrected chi connectivity index (χ1v) is 9.04. The second-order valence-electron chi connectivity index (χ2n) is 5.29. The second-order valence-corrected chi connectivity index (χ2v) is 6.90. The Hall–Kier alpha value is -2.05. The van der Waals surface area contributed by atoms with Gasteiger partial charge in [0.25, 0.3) is 0 Å². The van der Waals surface area contributed by atoms with Crippen LogP contribution in [0.2, 0.25) is 5.02 Å². The lowest BCUT2D eigenvalue weighted by Gasteiger charge is -2.22. The molecule has 2 aromatic rings. The molecular weight excluding hydrogens is 363 g/mol. The van der Waals surface area contributed by atoms with Gasteiger partial charge in [0.1, 0.15) is 5.82 Å². The summed E-state index contributed by atoms with van der Waals surface area (Å²) in [5, 5.41) is 0.661. The zero-order chi connectivity index (χ0) is 18.2. The number of halogens is 2. The Morgan fingerprint density at radius 3 is 2.28 bits per heavy atom. The van der Waals surface area contributed by atoms with Gasteiger partial charge >= 0.3 is 0 Å². The highest BCUT2D eigenvalue weighted by molar-refractivity contribution is 7.99. The molecule has 7 heteroatoms. The summed E-state index contributed by atoms with van der Waals surface area (Å²) in [6, 6.07) is 13.0. The van der Waals surface area contributed by atoms with Gasteiger partial charge in [0.05, 0.1) is 0 Å². The van der Waals surface area contributed by atoms with Gasteiger partial charge in [-0.1, -0.05) is 11.6 Å². The third-order valence-electron chi connectivity index (χ3n) is 3.42. The fraction of sp³-hybridized carbons (Fsp3) is 0.222. The number of nitrogens with two attached hydrogens (primary N) is 1. The Morgan fingerprint density at radius 1 is 1.04 bits per heavy atom. The van der Waals surface area contributed by atoms with Gasteiger partial charge in [-0.25, -0.2) is 4.39 Å². The predicted octanol–water partition coefficient (Wildman–Crippen LogP) is 3.87. The molecule has 0 bridgehead atoms. The molecule has 0 aromatic heterocycles. The molecule has 0 unspecified atom stereocenters. The van der Waals surface area contributed by atoms with Crippen LogP contribution in [-0.4, -0.2) is 24.1 Å². The van der Waals surface area contributed by atoms with Gasteiger partial charge in [-0.15, -0.1) is 11.8 Å². The molecule has 0 fully saturated rings. The van der Waals surface area contributed by atoms with Gasteiger partial charge in [-0.05, 0) is 48.5 Å². The molecule has 0 heterocycles. The van der Waals surface area contributed by atoms with Gasteiger partial charge in [-0.2, -0.15) is 0 Å². The van der Waals surface area contributed by atoms with Crippen LogP contribution in [-0.2, 0) is 9.59 Å². The van der Waals surface area contributed by atoms with Gasteiger partial charge in [-0.3, -0.25) is 9.59 Å². The Bertz CT molecular complexity index is 723. The Labute approximate surface area is 155 Å².